The number of ether oxygens (including phenoxy) is 1. The highest BCUT2D eigenvalue weighted by Crippen LogP contribution is 2.41. The fourth-order valence-corrected chi connectivity index (χ4v) is 3.59. The van der Waals surface area contributed by atoms with Gasteiger partial charge in [-0.25, -0.2) is 4.79 Å². The molecule has 1 saturated carbocycles. The predicted octanol–water partition coefficient (Wildman–Crippen LogP) is 3.82. The minimum Gasteiger partial charge on any atom is -0.468 e. The smallest absolute Gasteiger partial charge is 0.341 e. The second kappa shape index (κ2) is 6.76. The summed E-state index contributed by atoms with van der Waals surface area (Å²) >= 11 is 1.50. The maximum Gasteiger partial charge on any atom is 0.341 e. The number of furan rings is 1. The zero-order valence-electron chi connectivity index (χ0n) is 13.7. The van der Waals surface area contributed by atoms with Crippen LogP contribution in [0.1, 0.15) is 40.7 Å². The summed E-state index contributed by atoms with van der Waals surface area (Å²) in [6.07, 6.45) is 3.81. The number of hydrogen-bond donors (Lipinski definition) is 0. The molecule has 7 heteroatoms. The van der Waals surface area contributed by atoms with Gasteiger partial charge in [-0.2, -0.15) is 0 Å². The van der Waals surface area contributed by atoms with Crippen LogP contribution in [0.5, 0.6) is 0 Å². The Bertz CT molecular complexity index is 884. The van der Waals surface area contributed by atoms with Crippen LogP contribution in [-0.4, -0.2) is 27.8 Å². The van der Waals surface area contributed by atoms with Gasteiger partial charge in [0.25, 0.3) is 0 Å². The molecule has 4 rings (SSSR count). The lowest BCUT2D eigenvalue weighted by molar-refractivity contribution is 0.0598. The highest BCUT2D eigenvalue weighted by atomic mass is 32.2. The molecule has 0 spiro atoms. The first kappa shape index (κ1) is 16.0. The first-order valence-corrected chi connectivity index (χ1v) is 9.04. The minimum absolute atomic E-state index is 0.396. The number of aromatic nitrogens is 3. The number of carbonyl (C=O) groups excluding carboxylic acids is 1. The van der Waals surface area contributed by atoms with E-state index in [-0.39, 0.29) is 0 Å². The Hall–Kier alpha value is -2.54. The van der Waals surface area contributed by atoms with Crippen molar-refractivity contribution in [3.05, 3.63) is 59.8 Å². The fourth-order valence-electron chi connectivity index (χ4n) is 2.67. The van der Waals surface area contributed by atoms with E-state index >= 15 is 0 Å². The van der Waals surface area contributed by atoms with E-state index in [2.05, 4.69) is 14.8 Å². The molecule has 128 valence electrons. The summed E-state index contributed by atoms with van der Waals surface area (Å²) in [6.45, 7) is 0. The van der Waals surface area contributed by atoms with E-state index in [9.17, 15) is 4.79 Å². The SMILES string of the molecule is COC(=O)c1ccoc1CSc1nnc(C2CC2)n1-c1ccccc1. The van der Waals surface area contributed by atoms with Crippen molar-refractivity contribution >= 4 is 17.7 Å². The summed E-state index contributed by atoms with van der Waals surface area (Å²) in [6, 6.07) is 11.7. The van der Waals surface area contributed by atoms with Gasteiger partial charge in [-0.1, -0.05) is 30.0 Å². The van der Waals surface area contributed by atoms with Gasteiger partial charge in [-0.05, 0) is 31.0 Å². The number of carbonyl (C=O) groups is 1. The Morgan fingerprint density at radius 3 is 2.80 bits per heavy atom. The van der Waals surface area contributed by atoms with Gasteiger partial charge in [0.2, 0.25) is 0 Å². The first-order valence-electron chi connectivity index (χ1n) is 8.06. The number of para-hydroxylation sites is 1. The average Bonchev–Trinajstić information content (AvgIpc) is 3.24. The standard InChI is InChI=1S/C18H17N3O3S/c1-23-17(22)14-9-10-24-15(14)11-25-18-20-19-16(12-7-8-12)21(18)13-5-3-2-4-6-13/h2-6,9-10,12H,7-8,11H2,1H3. The molecule has 2 heterocycles. The maximum atomic E-state index is 11.8. The lowest BCUT2D eigenvalue weighted by Gasteiger charge is -2.09. The van der Waals surface area contributed by atoms with Crippen LogP contribution in [-0.2, 0) is 10.5 Å². The molecule has 0 amide bonds. The second-order valence-corrected chi connectivity index (χ2v) is 6.77. The Morgan fingerprint density at radius 1 is 1.28 bits per heavy atom. The molecule has 1 aliphatic carbocycles. The third-order valence-electron chi connectivity index (χ3n) is 4.10. The number of rotatable bonds is 6. The first-order chi connectivity index (χ1) is 12.3. The summed E-state index contributed by atoms with van der Waals surface area (Å²) in [5, 5.41) is 9.56. The number of esters is 1. The molecule has 0 saturated heterocycles. The largest absolute Gasteiger partial charge is 0.468 e. The van der Waals surface area contributed by atoms with Crippen LogP contribution < -0.4 is 0 Å². The van der Waals surface area contributed by atoms with Gasteiger partial charge in [-0.3, -0.25) is 4.57 Å². The molecule has 1 aromatic carbocycles. The van der Waals surface area contributed by atoms with Gasteiger partial charge in [0.05, 0.1) is 19.1 Å². The Kier molecular flexibility index (Phi) is 4.31. The molecule has 25 heavy (non-hydrogen) atoms. The molecule has 1 aliphatic rings. The van der Waals surface area contributed by atoms with Crippen molar-refractivity contribution in [3.8, 4) is 5.69 Å². The molecule has 1 fully saturated rings. The van der Waals surface area contributed by atoms with Crippen molar-refractivity contribution < 1.29 is 13.9 Å². The molecule has 3 aromatic rings. The zero-order chi connectivity index (χ0) is 17.2. The summed E-state index contributed by atoms with van der Waals surface area (Å²) in [5.41, 5.74) is 1.49. The van der Waals surface area contributed by atoms with Gasteiger partial charge in [0.15, 0.2) is 5.16 Å². The van der Waals surface area contributed by atoms with E-state index in [1.807, 2.05) is 30.3 Å². The van der Waals surface area contributed by atoms with Crippen LogP contribution in [0.3, 0.4) is 0 Å². The van der Waals surface area contributed by atoms with Crippen molar-refractivity contribution in [1.82, 2.24) is 14.8 Å². The van der Waals surface area contributed by atoms with Gasteiger partial charge in [0.1, 0.15) is 17.1 Å². The summed E-state index contributed by atoms with van der Waals surface area (Å²) < 4.78 is 12.3. The van der Waals surface area contributed by atoms with E-state index < -0.39 is 5.97 Å². The van der Waals surface area contributed by atoms with Crippen LogP contribution in [0.4, 0.5) is 0 Å². The van der Waals surface area contributed by atoms with Gasteiger partial charge in [-0.15, -0.1) is 10.2 Å². The van der Waals surface area contributed by atoms with Gasteiger partial charge < -0.3 is 9.15 Å². The Morgan fingerprint density at radius 2 is 2.08 bits per heavy atom. The molecule has 0 unspecified atom stereocenters. The highest BCUT2D eigenvalue weighted by Gasteiger charge is 2.31. The Labute approximate surface area is 149 Å². The van der Waals surface area contributed by atoms with E-state index in [4.69, 9.17) is 9.15 Å². The Balaban J connectivity index is 1.61. The molecule has 0 N–H and O–H groups in total. The minimum atomic E-state index is -0.396. The molecule has 0 bridgehead atoms. The van der Waals surface area contributed by atoms with Crippen LogP contribution >= 0.6 is 11.8 Å². The third-order valence-corrected chi connectivity index (χ3v) is 5.03. The molecular weight excluding hydrogens is 338 g/mol. The molecule has 2 aromatic heterocycles. The molecule has 6 nitrogen and oxygen atoms in total. The number of hydrogen-bond acceptors (Lipinski definition) is 6. The van der Waals surface area contributed by atoms with Crippen molar-refractivity contribution in [2.45, 2.75) is 29.7 Å². The molecule has 0 aliphatic heterocycles. The van der Waals surface area contributed by atoms with E-state index in [1.54, 1.807) is 6.07 Å². The van der Waals surface area contributed by atoms with Gasteiger partial charge >= 0.3 is 5.97 Å². The number of nitrogens with zero attached hydrogens (tertiary/aromatic N) is 3. The average molecular weight is 355 g/mol. The number of methoxy groups -OCH3 is 1. The van der Waals surface area contributed by atoms with E-state index in [0.717, 1.165) is 29.5 Å². The topological polar surface area (TPSA) is 70.2 Å². The normalized spacial score (nSPS) is 13.8. The van der Waals surface area contributed by atoms with Crippen LogP contribution in [0.25, 0.3) is 5.69 Å². The van der Waals surface area contributed by atoms with Crippen molar-refractivity contribution in [3.63, 3.8) is 0 Å². The second-order valence-electron chi connectivity index (χ2n) is 5.82. The molecule has 0 radical (unpaired) electrons. The van der Waals surface area contributed by atoms with Crippen LogP contribution in [0.15, 0.2) is 52.2 Å². The lowest BCUT2D eigenvalue weighted by Crippen LogP contribution is -2.03. The fraction of sp³-hybridized carbons (Fsp3) is 0.278. The predicted molar refractivity (Wildman–Crippen MR) is 92.9 cm³/mol. The maximum absolute atomic E-state index is 11.8. The molecular formula is C18H17N3O3S. The molecule has 0 atom stereocenters. The summed E-state index contributed by atoms with van der Waals surface area (Å²) in [7, 11) is 1.36. The van der Waals surface area contributed by atoms with E-state index in [0.29, 0.717) is 23.0 Å². The summed E-state index contributed by atoms with van der Waals surface area (Å²) in [5.74, 6) is 2.14. The highest BCUT2D eigenvalue weighted by molar-refractivity contribution is 7.98. The van der Waals surface area contributed by atoms with Gasteiger partial charge in [0, 0.05) is 11.6 Å². The number of benzene rings is 1. The van der Waals surface area contributed by atoms with Crippen LogP contribution in [0.2, 0.25) is 0 Å². The van der Waals surface area contributed by atoms with Crippen molar-refractivity contribution in [1.29, 1.82) is 0 Å². The van der Waals surface area contributed by atoms with Crippen molar-refractivity contribution in [2.75, 3.05) is 7.11 Å². The van der Waals surface area contributed by atoms with Crippen LogP contribution in [0, 0.1) is 0 Å². The quantitative estimate of drug-likeness (QED) is 0.494. The van der Waals surface area contributed by atoms with E-state index in [1.165, 1.54) is 25.1 Å². The van der Waals surface area contributed by atoms with Crippen molar-refractivity contribution in [2.24, 2.45) is 0 Å². The third kappa shape index (κ3) is 3.19. The lowest BCUT2D eigenvalue weighted by atomic mass is 10.3. The monoisotopic (exact) mass is 355 g/mol. The zero-order valence-corrected chi connectivity index (χ0v) is 14.5. The number of thioether (sulfide) groups is 1. The summed E-state index contributed by atoms with van der Waals surface area (Å²) in [4.78, 5) is 11.8.